The fraction of sp³-hybridized carbons (Fsp3) is 1.00. The summed E-state index contributed by atoms with van der Waals surface area (Å²) in [5.74, 6) is 2.96. The molecule has 5 fully saturated rings. The summed E-state index contributed by atoms with van der Waals surface area (Å²) in [4.78, 5) is 4.73. The summed E-state index contributed by atoms with van der Waals surface area (Å²) in [5, 5.41) is 10.3. The highest BCUT2D eigenvalue weighted by molar-refractivity contribution is 5.85. The summed E-state index contributed by atoms with van der Waals surface area (Å²) in [6, 6.07) is 0. The number of hydrogen-bond acceptors (Lipinski definition) is 4. The van der Waals surface area contributed by atoms with Crippen LogP contribution in [0, 0.1) is 23.2 Å². The zero-order valence-electron chi connectivity index (χ0n) is 15.2. The van der Waals surface area contributed by atoms with E-state index in [-0.39, 0.29) is 18.5 Å². The van der Waals surface area contributed by atoms with Gasteiger partial charge in [0.05, 0.1) is 19.3 Å². The second-order valence-corrected chi connectivity index (χ2v) is 9.19. The third-order valence-electron chi connectivity index (χ3n) is 6.95. The lowest BCUT2D eigenvalue weighted by molar-refractivity contribution is -0.107. The van der Waals surface area contributed by atoms with Crippen LogP contribution in [0.4, 0.5) is 0 Å². The summed E-state index contributed by atoms with van der Waals surface area (Å²) >= 11 is 0. The molecule has 0 aromatic rings. The largest absolute Gasteiger partial charge is 0.389 e. The molecular weight excluding hydrogens is 324 g/mol. The van der Waals surface area contributed by atoms with Crippen molar-refractivity contribution in [1.82, 2.24) is 9.80 Å². The summed E-state index contributed by atoms with van der Waals surface area (Å²) in [6.07, 6.45) is 8.34. The van der Waals surface area contributed by atoms with Gasteiger partial charge in [0.15, 0.2) is 0 Å². The van der Waals surface area contributed by atoms with E-state index in [1.54, 1.807) is 0 Å². The van der Waals surface area contributed by atoms with Gasteiger partial charge in [0.25, 0.3) is 0 Å². The highest BCUT2D eigenvalue weighted by Gasteiger charge is 2.50. The third kappa shape index (κ3) is 4.27. The van der Waals surface area contributed by atoms with E-state index in [2.05, 4.69) is 16.8 Å². The van der Waals surface area contributed by atoms with Crippen LogP contribution < -0.4 is 0 Å². The molecule has 1 saturated heterocycles. The van der Waals surface area contributed by atoms with Crippen molar-refractivity contribution in [3.63, 3.8) is 0 Å². The van der Waals surface area contributed by atoms with E-state index in [9.17, 15) is 5.11 Å². The van der Waals surface area contributed by atoms with Gasteiger partial charge in [-0.1, -0.05) is 0 Å². The van der Waals surface area contributed by atoms with Gasteiger partial charge in [0.2, 0.25) is 0 Å². The van der Waals surface area contributed by atoms with Crippen LogP contribution in [0.5, 0.6) is 0 Å². The van der Waals surface area contributed by atoms with Crippen LogP contribution in [-0.4, -0.2) is 74.0 Å². The summed E-state index contributed by atoms with van der Waals surface area (Å²) in [5.41, 5.74) is 0.475. The average molecular weight is 359 g/mol. The molecule has 1 atom stereocenters. The maximum absolute atomic E-state index is 10.3. The molecular formula is C19H35ClN2O2. The molecule has 0 aromatic carbocycles. The number of halogens is 1. The number of aliphatic hydroxyl groups is 1. The van der Waals surface area contributed by atoms with E-state index in [0.29, 0.717) is 12.0 Å². The molecule has 140 valence electrons. The van der Waals surface area contributed by atoms with Gasteiger partial charge < -0.3 is 14.7 Å². The molecule has 0 amide bonds. The van der Waals surface area contributed by atoms with Crippen LogP contribution in [0.15, 0.2) is 0 Å². The molecule has 1 unspecified atom stereocenters. The molecule has 5 rings (SSSR count). The topological polar surface area (TPSA) is 35.9 Å². The second kappa shape index (κ2) is 7.79. The van der Waals surface area contributed by atoms with Gasteiger partial charge in [-0.05, 0) is 68.7 Å². The van der Waals surface area contributed by atoms with E-state index < -0.39 is 0 Å². The fourth-order valence-electron chi connectivity index (χ4n) is 6.26. The molecule has 1 aliphatic heterocycles. The highest BCUT2D eigenvalue weighted by Crippen LogP contribution is 2.60. The molecule has 4 nitrogen and oxygen atoms in total. The fourth-order valence-corrected chi connectivity index (χ4v) is 6.26. The number of ether oxygens (including phenoxy) is 1. The van der Waals surface area contributed by atoms with Gasteiger partial charge in [-0.2, -0.15) is 0 Å². The first-order chi connectivity index (χ1) is 11.1. The molecule has 4 saturated carbocycles. The molecule has 5 aliphatic rings. The maximum atomic E-state index is 10.3. The summed E-state index contributed by atoms with van der Waals surface area (Å²) < 4.78 is 6.06. The van der Waals surface area contributed by atoms with E-state index in [1.807, 2.05) is 0 Å². The van der Waals surface area contributed by atoms with Crippen molar-refractivity contribution in [2.45, 2.75) is 44.6 Å². The number of rotatable bonds is 6. The standard InChI is InChI=1S/C19H34N2O2.ClH/c1-20-2-4-21(5-3-20)12-18(22)13-23-14-19-9-15-6-16(10-19)8-17(7-15)11-19;/h15-18,22H,2-14H2,1H3;1H. The van der Waals surface area contributed by atoms with E-state index >= 15 is 0 Å². The first-order valence-corrected chi connectivity index (χ1v) is 9.77. The van der Waals surface area contributed by atoms with Crippen LogP contribution >= 0.6 is 12.4 Å². The number of likely N-dealkylation sites (N-methyl/N-ethyl adjacent to an activating group) is 1. The summed E-state index contributed by atoms with van der Waals surface area (Å²) in [6.45, 7) is 6.56. The van der Waals surface area contributed by atoms with Crippen LogP contribution in [0.1, 0.15) is 38.5 Å². The van der Waals surface area contributed by atoms with E-state index in [1.165, 1.54) is 38.5 Å². The Balaban J connectivity index is 0.00000169. The number of β-amino-alcohol motifs (C(OH)–C–C–N with tert-alkyl or cyclic N) is 1. The van der Waals surface area contributed by atoms with E-state index in [0.717, 1.165) is 57.1 Å². The van der Waals surface area contributed by atoms with Crippen molar-refractivity contribution in [2.24, 2.45) is 23.2 Å². The quantitative estimate of drug-likeness (QED) is 0.790. The lowest BCUT2D eigenvalue weighted by atomic mass is 9.50. The van der Waals surface area contributed by atoms with Gasteiger partial charge in [-0.25, -0.2) is 0 Å². The number of hydrogen-bond donors (Lipinski definition) is 1. The smallest absolute Gasteiger partial charge is 0.0900 e. The zero-order valence-corrected chi connectivity index (χ0v) is 16.0. The predicted molar refractivity (Wildman–Crippen MR) is 98.6 cm³/mol. The predicted octanol–water partition coefficient (Wildman–Crippen LogP) is 2.25. The molecule has 1 heterocycles. The Labute approximate surface area is 153 Å². The minimum absolute atomic E-state index is 0. The van der Waals surface area contributed by atoms with Crippen molar-refractivity contribution in [1.29, 1.82) is 0 Å². The van der Waals surface area contributed by atoms with Crippen molar-refractivity contribution < 1.29 is 9.84 Å². The van der Waals surface area contributed by atoms with Gasteiger partial charge in [-0.3, -0.25) is 4.90 Å². The first-order valence-electron chi connectivity index (χ1n) is 9.77. The molecule has 0 radical (unpaired) electrons. The lowest BCUT2D eigenvalue weighted by Crippen LogP contribution is -2.49. The van der Waals surface area contributed by atoms with Crippen molar-refractivity contribution in [2.75, 3.05) is 53.0 Å². The van der Waals surface area contributed by atoms with Crippen molar-refractivity contribution in [3.8, 4) is 0 Å². The van der Waals surface area contributed by atoms with Crippen LogP contribution in [0.25, 0.3) is 0 Å². The molecule has 4 aliphatic carbocycles. The van der Waals surface area contributed by atoms with Gasteiger partial charge in [0.1, 0.15) is 0 Å². The molecule has 1 N–H and O–H groups in total. The Morgan fingerprint density at radius 3 is 2.08 bits per heavy atom. The van der Waals surface area contributed by atoms with Crippen LogP contribution in [0.3, 0.4) is 0 Å². The Kier molecular flexibility index (Phi) is 6.14. The minimum atomic E-state index is -0.327. The molecule has 24 heavy (non-hydrogen) atoms. The van der Waals surface area contributed by atoms with Gasteiger partial charge in [0, 0.05) is 32.7 Å². The summed E-state index contributed by atoms with van der Waals surface area (Å²) in [7, 11) is 2.17. The number of aliphatic hydroxyl groups excluding tert-OH is 1. The van der Waals surface area contributed by atoms with Gasteiger partial charge >= 0.3 is 0 Å². The first kappa shape index (κ1) is 18.9. The van der Waals surface area contributed by atoms with Crippen molar-refractivity contribution >= 4 is 12.4 Å². The van der Waals surface area contributed by atoms with Crippen molar-refractivity contribution in [3.05, 3.63) is 0 Å². The average Bonchev–Trinajstić information content (AvgIpc) is 2.48. The molecule has 4 bridgehead atoms. The molecule has 0 spiro atoms. The Bertz CT molecular complexity index is 377. The van der Waals surface area contributed by atoms with Crippen LogP contribution in [0.2, 0.25) is 0 Å². The Hall–Kier alpha value is 0.130. The normalized spacial score (nSPS) is 40.5. The SMILES string of the molecule is CN1CCN(CC(O)COCC23CC4CC(CC(C4)C2)C3)CC1.Cl. The lowest BCUT2D eigenvalue weighted by Gasteiger charge is -2.56. The minimum Gasteiger partial charge on any atom is -0.389 e. The van der Waals surface area contributed by atoms with Gasteiger partial charge in [-0.15, -0.1) is 12.4 Å². The number of nitrogens with zero attached hydrogens (tertiary/aromatic N) is 2. The molecule has 0 aromatic heterocycles. The monoisotopic (exact) mass is 358 g/mol. The number of piperazine rings is 1. The Morgan fingerprint density at radius 2 is 1.54 bits per heavy atom. The maximum Gasteiger partial charge on any atom is 0.0900 e. The second-order valence-electron chi connectivity index (χ2n) is 9.19. The zero-order chi connectivity index (χ0) is 15.9. The molecule has 5 heteroatoms. The Morgan fingerprint density at radius 1 is 1.00 bits per heavy atom. The highest BCUT2D eigenvalue weighted by atomic mass is 35.5. The van der Waals surface area contributed by atoms with Crippen LogP contribution in [-0.2, 0) is 4.74 Å². The van der Waals surface area contributed by atoms with E-state index in [4.69, 9.17) is 4.74 Å². The third-order valence-corrected chi connectivity index (χ3v) is 6.95.